The van der Waals surface area contributed by atoms with Crippen molar-refractivity contribution in [2.24, 2.45) is 4.99 Å². The molecule has 7 heteroatoms. The van der Waals surface area contributed by atoms with Crippen LogP contribution in [0.3, 0.4) is 0 Å². The lowest BCUT2D eigenvalue weighted by Crippen LogP contribution is -2.17. The van der Waals surface area contributed by atoms with E-state index in [4.69, 9.17) is 27.5 Å². The molecule has 0 atom stereocenters. The van der Waals surface area contributed by atoms with Gasteiger partial charge in [-0.25, -0.2) is 0 Å². The summed E-state index contributed by atoms with van der Waals surface area (Å²) in [4.78, 5) is 17.6. The van der Waals surface area contributed by atoms with E-state index in [1.165, 1.54) is 25.6 Å². The van der Waals surface area contributed by atoms with Crippen LogP contribution in [-0.4, -0.2) is 24.7 Å². The number of hydrogen-bond acceptors (Lipinski definition) is 4. The molecule has 0 bridgehead atoms. The second-order valence-corrected chi connectivity index (χ2v) is 6.63. The molecule has 1 heterocycles. The molecule has 132 valence electrons. The first-order chi connectivity index (χ1) is 12.6. The minimum Gasteiger partial charge on any atom is -0.496 e. The van der Waals surface area contributed by atoms with Gasteiger partial charge >= 0.3 is 0 Å². The van der Waals surface area contributed by atoms with Crippen LogP contribution in [0.15, 0.2) is 41.4 Å². The van der Waals surface area contributed by atoms with Gasteiger partial charge in [0.05, 0.1) is 36.0 Å². The van der Waals surface area contributed by atoms with Crippen LogP contribution in [0.5, 0.6) is 11.5 Å². The van der Waals surface area contributed by atoms with Gasteiger partial charge in [0.25, 0.3) is 5.91 Å². The molecule has 0 saturated heterocycles. The molecule has 0 unspecified atom stereocenters. The van der Waals surface area contributed by atoms with Crippen molar-refractivity contribution in [3.63, 3.8) is 0 Å². The Bertz CT molecular complexity index is 1070. The molecule has 1 aromatic heterocycles. The summed E-state index contributed by atoms with van der Waals surface area (Å²) in [6.45, 7) is 0.249. The summed E-state index contributed by atoms with van der Waals surface area (Å²) in [5.74, 6) is 2.88. The molecule has 26 heavy (non-hydrogen) atoms. The molecule has 0 aliphatic heterocycles. The first kappa shape index (κ1) is 18.1. The van der Waals surface area contributed by atoms with Crippen molar-refractivity contribution in [2.45, 2.75) is 6.54 Å². The number of fused-ring (bicyclic) bond motifs is 1. The summed E-state index contributed by atoms with van der Waals surface area (Å²) in [6.07, 6.45) is 5.49. The van der Waals surface area contributed by atoms with E-state index < -0.39 is 5.91 Å². The Labute approximate surface area is 159 Å². The van der Waals surface area contributed by atoms with Crippen molar-refractivity contribution in [1.82, 2.24) is 4.57 Å². The fourth-order valence-corrected chi connectivity index (χ4v) is 4.00. The second kappa shape index (κ2) is 7.65. The number of para-hydroxylation sites is 1. The quantitative estimate of drug-likeness (QED) is 0.642. The van der Waals surface area contributed by atoms with E-state index in [-0.39, 0.29) is 12.1 Å². The minimum absolute atomic E-state index is 0.249. The van der Waals surface area contributed by atoms with E-state index in [0.717, 1.165) is 10.2 Å². The highest BCUT2D eigenvalue weighted by Crippen LogP contribution is 2.29. The van der Waals surface area contributed by atoms with E-state index >= 15 is 0 Å². The minimum atomic E-state index is -0.479. The fourth-order valence-electron chi connectivity index (χ4n) is 2.61. The summed E-state index contributed by atoms with van der Waals surface area (Å²) in [7, 11) is 2.98. The summed E-state index contributed by atoms with van der Waals surface area (Å²) in [6, 6.07) is 10.6. The van der Waals surface area contributed by atoms with Gasteiger partial charge in [-0.1, -0.05) is 41.0 Å². The van der Waals surface area contributed by atoms with E-state index in [1.807, 2.05) is 12.1 Å². The molecular weight excluding hydrogens is 372 g/mol. The van der Waals surface area contributed by atoms with Crippen molar-refractivity contribution in [3.8, 4) is 23.8 Å². The van der Waals surface area contributed by atoms with Gasteiger partial charge in [-0.05, 0) is 24.3 Å². The Hall–Kier alpha value is -2.75. The van der Waals surface area contributed by atoms with Gasteiger partial charge in [0, 0.05) is 0 Å². The number of thiazole rings is 1. The number of hydrogen-bond donors (Lipinski definition) is 0. The number of ether oxygens (including phenoxy) is 2. The number of terminal acetylenes is 1. The highest BCUT2D eigenvalue weighted by molar-refractivity contribution is 7.16. The summed E-state index contributed by atoms with van der Waals surface area (Å²) in [5, 5.41) is 0.553. The molecule has 3 aromatic rings. The summed E-state index contributed by atoms with van der Waals surface area (Å²) < 4.78 is 13.2. The van der Waals surface area contributed by atoms with E-state index in [1.54, 1.807) is 28.8 Å². The first-order valence-electron chi connectivity index (χ1n) is 7.62. The van der Waals surface area contributed by atoms with Crippen molar-refractivity contribution in [1.29, 1.82) is 0 Å². The molecule has 0 N–H and O–H groups in total. The number of nitrogens with zero attached hydrogens (tertiary/aromatic N) is 2. The third-order valence-corrected chi connectivity index (χ3v) is 5.09. The van der Waals surface area contributed by atoms with Gasteiger partial charge in [-0.15, -0.1) is 6.42 Å². The van der Waals surface area contributed by atoms with Gasteiger partial charge in [0.1, 0.15) is 17.1 Å². The number of carbonyl (C=O) groups excluding carboxylic acids is 1. The molecule has 0 radical (unpaired) electrons. The maximum Gasteiger partial charge on any atom is 0.287 e. The normalized spacial score (nSPS) is 11.4. The van der Waals surface area contributed by atoms with E-state index in [0.29, 0.717) is 21.3 Å². The zero-order valence-corrected chi connectivity index (χ0v) is 15.7. The predicted octanol–water partition coefficient (Wildman–Crippen LogP) is 3.75. The van der Waals surface area contributed by atoms with Gasteiger partial charge in [0.15, 0.2) is 4.80 Å². The molecule has 0 saturated carbocycles. The van der Waals surface area contributed by atoms with Crippen molar-refractivity contribution >= 4 is 39.1 Å². The van der Waals surface area contributed by atoms with Gasteiger partial charge in [0.2, 0.25) is 0 Å². The van der Waals surface area contributed by atoms with Crippen LogP contribution >= 0.6 is 22.9 Å². The summed E-state index contributed by atoms with van der Waals surface area (Å²) in [5.41, 5.74) is 1.02. The second-order valence-electron chi connectivity index (χ2n) is 5.22. The van der Waals surface area contributed by atoms with E-state index in [2.05, 4.69) is 10.9 Å². The Kier molecular flexibility index (Phi) is 5.31. The zero-order chi connectivity index (χ0) is 18.7. The van der Waals surface area contributed by atoms with Crippen LogP contribution in [0.4, 0.5) is 0 Å². The van der Waals surface area contributed by atoms with Crippen molar-refractivity contribution in [2.75, 3.05) is 14.2 Å². The Balaban J connectivity index is 2.23. The van der Waals surface area contributed by atoms with Crippen molar-refractivity contribution in [3.05, 3.63) is 51.8 Å². The number of rotatable bonds is 4. The zero-order valence-electron chi connectivity index (χ0n) is 14.2. The molecule has 0 fully saturated rings. The van der Waals surface area contributed by atoms with Gasteiger partial charge < -0.3 is 14.0 Å². The molecular formula is C19H15ClN2O3S. The Morgan fingerprint density at radius 1 is 1.23 bits per heavy atom. The number of amides is 1. The molecule has 2 aromatic carbocycles. The molecule has 3 rings (SSSR count). The van der Waals surface area contributed by atoms with E-state index in [9.17, 15) is 4.79 Å². The van der Waals surface area contributed by atoms with Crippen LogP contribution < -0.4 is 14.3 Å². The highest BCUT2D eigenvalue weighted by atomic mass is 35.5. The Morgan fingerprint density at radius 3 is 2.50 bits per heavy atom. The number of carbonyl (C=O) groups is 1. The smallest absolute Gasteiger partial charge is 0.287 e. The maximum atomic E-state index is 12.9. The molecule has 0 aliphatic rings. The van der Waals surface area contributed by atoms with Crippen LogP contribution in [0.25, 0.3) is 10.2 Å². The lowest BCUT2D eigenvalue weighted by Gasteiger charge is -2.09. The third kappa shape index (κ3) is 3.19. The van der Waals surface area contributed by atoms with Crippen LogP contribution in [-0.2, 0) is 6.54 Å². The maximum absolute atomic E-state index is 12.9. The fraction of sp³-hybridized carbons (Fsp3) is 0.158. The van der Waals surface area contributed by atoms with Gasteiger partial charge in [-0.2, -0.15) is 4.99 Å². The average Bonchev–Trinajstić information content (AvgIpc) is 2.99. The van der Waals surface area contributed by atoms with Crippen LogP contribution in [0.2, 0.25) is 5.02 Å². The molecule has 0 spiro atoms. The average molecular weight is 387 g/mol. The van der Waals surface area contributed by atoms with Crippen molar-refractivity contribution < 1.29 is 14.3 Å². The lowest BCUT2D eigenvalue weighted by molar-refractivity contribution is 0.0992. The predicted molar refractivity (Wildman–Crippen MR) is 103 cm³/mol. The number of methoxy groups -OCH3 is 2. The lowest BCUT2D eigenvalue weighted by atomic mass is 10.1. The van der Waals surface area contributed by atoms with Crippen LogP contribution in [0.1, 0.15) is 10.4 Å². The van der Waals surface area contributed by atoms with Crippen LogP contribution in [0, 0.1) is 12.3 Å². The number of aromatic nitrogens is 1. The first-order valence-corrected chi connectivity index (χ1v) is 8.81. The number of halogens is 1. The standard InChI is InChI=1S/C19H15ClN2O3S/c1-4-11-22-17-12(20)7-5-10-15(17)26-19(22)21-18(23)16-13(24-2)8-6-9-14(16)25-3/h1,5-10H,11H2,2-3H3. The molecule has 5 nitrogen and oxygen atoms in total. The number of benzene rings is 2. The Morgan fingerprint density at radius 2 is 1.88 bits per heavy atom. The van der Waals surface area contributed by atoms with Gasteiger partial charge in [-0.3, -0.25) is 4.79 Å². The summed E-state index contributed by atoms with van der Waals surface area (Å²) >= 11 is 7.65. The molecule has 0 aliphatic carbocycles. The largest absolute Gasteiger partial charge is 0.496 e. The highest BCUT2D eigenvalue weighted by Gasteiger charge is 2.18. The molecule has 1 amide bonds. The monoisotopic (exact) mass is 386 g/mol. The SMILES string of the molecule is C#CCn1c(=NC(=O)c2c(OC)cccc2OC)sc2cccc(Cl)c21. The topological polar surface area (TPSA) is 52.8 Å². The third-order valence-electron chi connectivity index (χ3n) is 3.74.